The van der Waals surface area contributed by atoms with E-state index in [1.165, 1.54) is 0 Å². The van der Waals surface area contributed by atoms with Crippen molar-refractivity contribution in [3.63, 3.8) is 0 Å². The van der Waals surface area contributed by atoms with Crippen LogP contribution >= 0.6 is 0 Å². The molecular formula is C18H22N2O4. The van der Waals surface area contributed by atoms with E-state index in [-0.39, 0.29) is 12.5 Å². The van der Waals surface area contributed by atoms with Crippen molar-refractivity contribution in [3.05, 3.63) is 42.5 Å². The fourth-order valence-electron chi connectivity index (χ4n) is 2.08. The van der Waals surface area contributed by atoms with Crippen LogP contribution in [0.5, 0.6) is 17.2 Å². The van der Waals surface area contributed by atoms with Crippen LogP contribution in [0.15, 0.2) is 42.5 Å². The summed E-state index contributed by atoms with van der Waals surface area (Å²) in [6.07, 6.45) is 0. The number of hydrogen-bond acceptors (Lipinski definition) is 5. The summed E-state index contributed by atoms with van der Waals surface area (Å²) >= 11 is 0. The standard InChI is InChI=1S/C18H22N2O4/c1-3-22-16-11-15(17(23-4-2)10-14(16)19)20-18(21)12-24-13-8-6-5-7-9-13/h5-11H,3-4,12,19H2,1-2H3,(H,20,21). The Morgan fingerprint density at radius 1 is 1.00 bits per heavy atom. The van der Waals surface area contributed by atoms with Crippen LogP contribution in [-0.2, 0) is 4.79 Å². The van der Waals surface area contributed by atoms with Crippen molar-refractivity contribution in [3.8, 4) is 17.2 Å². The molecule has 0 radical (unpaired) electrons. The van der Waals surface area contributed by atoms with E-state index in [2.05, 4.69) is 5.32 Å². The van der Waals surface area contributed by atoms with E-state index >= 15 is 0 Å². The molecule has 0 atom stereocenters. The lowest BCUT2D eigenvalue weighted by Gasteiger charge is -2.15. The van der Waals surface area contributed by atoms with Gasteiger partial charge in [0.15, 0.2) is 6.61 Å². The number of anilines is 2. The zero-order valence-electron chi connectivity index (χ0n) is 13.9. The second-order valence-electron chi connectivity index (χ2n) is 4.90. The van der Waals surface area contributed by atoms with Gasteiger partial charge in [0.05, 0.1) is 24.6 Å². The molecule has 0 aliphatic heterocycles. The van der Waals surface area contributed by atoms with E-state index in [0.717, 1.165) is 0 Å². The van der Waals surface area contributed by atoms with Crippen molar-refractivity contribution in [1.29, 1.82) is 0 Å². The number of rotatable bonds is 8. The van der Waals surface area contributed by atoms with Crippen molar-refractivity contribution in [2.75, 3.05) is 30.9 Å². The molecule has 0 aliphatic carbocycles. The summed E-state index contributed by atoms with van der Waals surface area (Å²) in [6.45, 7) is 4.54. The largest absolute Gasteiger partial charge is 0.492 e. The monoisotopic (exact) mass is 330 g/mol. The number of amides is 1. The van der Waals surface area contributed by atoms with E-state index < -0.39 is 0 Å². The number of nitrogen functional groups attached to an aromatic ring is 1. The topological polar surface area (TPSA) is 82.8 Å². The Bertz CT molecular complexity index is 674. The first kappa shape index (κ1) is 17.5. The van der Waals surface area contributed by atoms with Gasteiger partial charge in [-0.25, -0.2) is 0 Å². The minimum atomic E-state index is -0.299. The molecule has 2 aromatic carbocycles. The first-order valence-corrected chi connectivity index (χ1v) is 7.80. The number of hydrogen-bond donors (Lipinski definition) is 2. The third-order valence-electron chi connectivity index (χ3n) is 3.10. The number of para-hydroxylation sites is 1. The van der Waals surface area contributed by atoms with Gasteiger partial charge in [0.1, 0.15) is 17.2 Å². The summed E-state index contributed by atoms with van der Waals surface area (Å²) in [5.74, 6) is 1.32. The summed E-state index contributed by atoms with van der Waals surface area (Å²) in [5.41, 5.74) is 6.88. The quantitative estimate of drug-likeness (QED) is 0.727. The second-order valence-corrected chi connectivity index (χ2v) is 4.90. The summed E-state index contributed by atoms with van der Waals surface area (Å²) in [5, 5.41) is 2.77. The van der Waals surface area contributed by atoms with E-state index in [1.54, 1.807) is 24.3 Å². The van der Waals surface area contributed by atoms with Crippen LogP contribution in [0.2, 0.25) is 0 Å². The molecule has 6 nitrogen and oxygen atoms in total. The Hall–Kier alpha value is -2.89. The van der Waals surface area contributed by atoms with Crippen LogP contribution in [0.3, 0.4) is 0 Å². The summed E-state index contributed by atoms with van der Waals surface area (Å²) < 4.78 is 16.4. The van der Waals surface area contributed by atoms with Gasteiger partial charge in [-0.05, 0) is 26.0 Å². The molecule has 0 heterocycles. The number of nitrogens with one attached hydrogen (secondary N) is 1. The molecule has 0 fully saturated rings. The lowest BCUT2D eigenvalue weighted by molar-refractivity contribution is -0.118. The van der Waals surface area contributed by atoms with Gasteiger partial charge in [0.25, 0.3) is 5.91 Å². The highest BCUT2D eigenvalue weighted by atomic mass is 16.5. The average Bonchev–Trinajstić information content (AvgIpc) is 2.58. The minimum absolute atomic E-state index is 0.107. The Labute approximate surface area is 141 Å². The normalized spacial score (nSPS) is 10.1. The molecule has 0 aromatic heterocycles. The smallest absolute Gasteiger partial charge is 0.262 e. The maximum Gasteiger partial charge on any atom is 0.262 e. The molecule has 1 amide bonds. The maximum atomic E-state index is 12.1. The molecule has 128 valence electrons. The van der Waals surface area contributed by atoms with Crippen molar-refractivity contribution in [2.24, 2.45) is 0 Å². The molecule has 24 heavy (non-hydrogen) atoms. The highest BCUT2D eigenvalue weighted by molar-refractivity contribution is 5.94. The first-order chi connectivity index (χ1) is 11.6. The number of nitrogens with two attached hydrogens (primary N) is 1. The van der Waals surface area contributed by atoms with Gasteiger partial charge in [-0.3, -0.25) is 4.79 Å². The predicted molar refractivity (Wildman–Crippen MR) is 93.8 cm³/mol. The SMILES string of the molecule is CCOc1cc(NC(=O)COc2ccccc2)c(OCC)cc1N. The van der Waals surface area contributed by atoms with Gasteiger partial charge in [0, 0.05) is 12.1 Å². The van der Waals surface area contributed by atoms with Gasteiger partial charge in [0.2, 0.25) is 0 Å². The van der Waals surface area contributed by atoms with Crippen LogP contribution in [0.4, 0.5) is 11.4 Å². The Morgan fingerprint density at radius 2 is 1.67 bits per heavy atom. The van der Waals surface area contributed by atoms with Crippen LogP contribution in [-0.4, -0.2) is 25.7 Å². The van der Waals surface area contributed by atoms with Crippen molar-refractivity contribution < 1.29 is 19.0 Å². The molecule has 3 N–H and O–H groups in total. The zero-order chi connectivity index (χ0) is 17.4. The number of carbonyl (C=O) groups excluding carboxylic acids is 1. The zero-order valence-corrected chi connectivity index (χ0v) is 13.9. The molecule has 2 aromatic rings. The minimum Gasteiger partial charge on any atom is -0.492 e. The van der Waals surface area contributed by atoms with Gasteiger partial charge in [-0.1, -0.05) is 18.2 Å². The van der Waals surface area contributed by atoms with Crippen molar-refractivity contribution >= 4 is 17.3 Å². The van der Waals surface area contributed by atoms with Gasteiger partial charge < -0.3 is 25.3 Å². The summed E-state index contributed by atoms with van der Waals surface area (Å²) in [7, 11) is 0. The van der Waals surface area contributed by atoms with Gasteiger partial charge >= 0.3 is 0 Å². The van der Waals surface area contributed by atoms with Crippen LogP contribution in [0.25, 0.3) is 0 Å². The number of benzene rings is 2. The lowest BCUT2D eigenvalue weighted by Crippen LogP contribution is -2.20. The highest BCUT2D eigenvalue weighted by Crippen LogP contribution is 2.35. The summed E-state index contributed by atoms with van der Waals surface area (Å²) in [4.78, 5) is 12.1. The second kappa shape index (κ2) is 8.67. The molecule has 0 spiro atoms. The fraction of sp³-hybridized carbons (Fsp3) is 0.278. The molecule has 0 saturated heterocycles. The van der Waals surface area contributed by atoms with Gasteiger partial charge in [-0.2, -0.15) is 0 Å². The predicted octanol–water partition coefficient (Wildman–Crippen LogP) is 3.08. The fourth-order valence-corrected chi connectivity index (χ4v) is 2.08. The molecule has 0 bridgehead atoms. The molecule has 0 aliphatic rings. The lowest BCUT2D eigenvalue weighted by atomic mass is 10.2. The molecule has 0 saturated carbocycles. The van der Waals surface area contributed by atoms with Gasteiger partial charge in [-0.15, -0.1) is 0 Å². The van der Waals surface area contributed by atoms with E-state index in [1.807, 2.05) is 32.0 Å². The Balaban J connectivity index is 2.08. The third-order valence-corrected chi connectivity index (χ3v) is 3.10. The van der Waals surface area contributed by atoms with Crippen molar-refractivity contribution in [2.45, 2.75) is 13.8 Å². The molecular weight excluding hydrogens is 308 g/mol. The number of ether oxygens (including phenoxy) is 3. The average molecular weight is 330 g/mol. The third kappa shape index (κ3) is 4.81. The molecule has 2 rings (SSSR count). The van der Waals surface area contributed by atoms with Crippen molar-refractivity contribution in [1.82, 2.24) is 0 Å². The molecule has 6 heteroatoms. The van der Waals surface area contributed by atoms with Crippen LogP contribution in [0.1, 0.15) is 13.8 Å². The summed E-state index contributed by atoms with van der Waals surface area (Å²) in [6, 6.07) is 12.4. The van der Waals surface area contributed by atoms with E-state index in [0.29, 0.717) is 41.8 Å². The number of carbonyl (C=O) groups is 1. The van der Waals surface area contributed by atoms with Crippen LogP contribution in [0, 0.1) is 0 Å². The molecule has 0 unspecified atom stereocenters. The van der Waals surface area contributed by atoms with E-state index in [4.69, 9.17) is 19.9 Å². The van der Waals surface area contributed by atoms with Crippen LogP contribution < -0.4 is 25.3 Å². The highest BCUT2D eigenvalue weighted by Gasteiger charge is 2.13. The first-order valence-electron chi connectivity index (χ1n) is 7.80. The maximum absolute atomic E-state index is 12.1. The van der Waals surface area contributed by atoms with E-state index in [9.17, 15) is 4.79 Å². The Kier molecular flexibility index (Phi) is 6.31. The Morgan fingerprint density at radius 3 is 2.33 bits per heavy atom.